The summed E-state index contributed by atoms with van der Waals surface area (Å²) in [4.78, 5) is 6.20. The number of rotatable bonds is 3. The fourth-order valence-corrected chi connectivity index (χ4v) is 2.37. The SMILES string of the molecule is CCC[C@@H]1CCCN1c1cncc(F)c1. The van der Waals surface area contributed by atoms with E-state index in [1.165, 1.54) is 31.9 Å². The zero-order chi connectivity index (χ0) is 10.7. The Labute approximate surface area is 90.1 Å². The van der Waals surface area contributed by atoms with E-state index in [9.17, 15) is 4.39 Å². The molecule has 0 aromatic carbocycles. The van der Waals surface area contributed by atoms with E-state index in [4.69, 9.17) is 0 Å². The minimum Gasteiger partial charge on any atom is -0.367 e. The first-order valence-corrected chi connectivity index (χ1v) is 5.68. The average Bonchev–Trinajstić information content (AvgIpc) is 2.66. The summed E-state index contributed by atoms with van der Waals surface area (Å²) < 4.78 is 13.0. The fraction of sp³-hybridized carbons (Fsp3) is 0.583. The molecule has 0 unspecified atom stereocenters. The highest BCUT2D eigenvalue weighted by atomic mass is 19.1. The first-order chi connectivity index (χ1) is 7.31. The molecule has 1 saturated heterocycles. The van der Waals surface area contributed by atoms with Gasteiger partial charge < -0.3 is 4.90 Å². The Balaban J connectivity index is 2.15. The van der Waals surface area contributed by atoms with Gasteiger partial charge in [-0.05, 0) is 19.3 Å². The smallest absolute Gasteiger partial charge is 0.143 e. The quantitative estimate of drug-likeness (QED) is 0.759. The Kier molecular flexibility index (Phi) is 3.19. The lowest BCUT2D eigenvalue weighted by Gasteiger charge is -2.26. The predicted octanol–water partition coefficient (Wildman–Crippen LogP) is 2.99. The third kappa shape index (κ3) is 2.28. The lowest BCUT2D eigenvalue weighted by Crippen LogP contribution is -2.29. The summed E-state index contributed by atoms with van der Waals surface area (Å²) in [6, 6.07) is 2.17. The molecule has 1 aromatic rings. The van der Waals surface area contributed by atoms with Crippen molar-refractivity contribution in [3.63, 3.8) is 0 Å². The molecule has 82 valence electrons. The van der Waals surface area contributed by atoms with Gasteiger partial charge in [-0.25, -0.2) is 4.39 Å². The second-order valence-electron chi connectivity index (χ2n) is 4.14. The van der Waals surface area contributed by atoms with Crippen molar-refractivity contribution in [3.05, 3.63) is 24.3 Å². The Morgan fingerprint density at radius 1 is 1.53 bits per heavy atom. The summed E-state index contributed by atoms with van der Waals surface area (Å²) >= 11 is 0. The number of halogens is 1. The molecule has 0 radical (unpaired) electrons. The summed E-state index contributed by atoms with van der Waals surface area (Å²) in [6.45, 7) is 3.23. The number of hydrogen-bond acceptors (Lipinski definition) is 2. The van der Waals surface area contributed by atoms with E-state index in [2.05, 4.69) is 16.8 Å². The van der Waals surface area contributed by atoms with Gasteiger partial charge in [-0.15, -0.1) is 0 Å². The molecular weight excluding hydrogens is 191 g/mol. The van der Waals surface area contributed by atoms with Crippen molar-refractivity contribution in [3.8, 4) is 0 Å². The highest BCUT2D eigenvalue weighted by molar-refractivity contribution is 5.46. The number of aromatic nitrogens is 1. The molecule has 15 heavy (non-hydrogen) atoms. The molecule has 1 aliphatic heterocycles. The van der Waals surface area contributed by atoms with Gasteiger partial charge >= 0.3 is 0 Å². The molecule has 0 amide bonds. The molecule has 2 nitrogen and oxygen atoms in total. The van der Waals surface area contributed by atoms with Crippen molar-refractivity contribution in [2.24, 2.45) is 0 Å². The second kappa shape index (κ2) is 4.60. The van der Waals surface area contributed by atoms with Crippen molar-refractivity contribution in [1.82, 2.24) is 4.98 Å². The number of anilines is 1. The van der Waals surface area contributed by atoms with Crippen molar-refractivity contribution in [2.45, 2.75) is 38.6 Å². The van der Waals surface area contributed by atoms with Gasteiger partial charge in [0.25, 0.3) is 0 Å². The standard InChI is InChI=1S/C12H17FN2/c1-2-4-11-5-3-6-15(11)12-7-10(13)8-14-9-12/h7-9,11H,2-6H2,1H3/t11-/m1/s1. The van der Waals surface area contributed by atoms with Crippen LogP contribution in [-0.4, -0.2) is 17.6 Å². The van der Waals surface area contributed by atoms with Crippen LogP contribution < -0.4 is 4.90 Å². The lowest BCUT2D eigenvalue weighted by molar-refractivity contribution is 0.593. The van der Waals surface area contributed by atoms with Crippen LogP contribution in [0.2, 0.25) is 0 Å². The van der Waals surface area contributed by atoms with Crippen molar-refractivity contribution in [1.29, 1.82) is 0 Å². The van der Waals surface area contributed by atoms with Gasteiger partial charge in [0.15, 0.2) is 0 Å². The third-order valence-electron chi connectivity index (χ3n) is 3.02. The number of pyridine rings is 1. The van der Waals surface area contributed by atoms with E-state index < -0.39 is 0 Å². The van der Waals surface area contributed by atoms with Gasteiger partial charge in [0, 0.05) is 18.7 Å². The summed E-state index contributed by atoms with van der Waals surface area (Å²) in [5, 5.41) is 0. The zero-order valence-corrected chi connectivity index (χ0v) is 9.12. The highest BCUT2D eigenvalue weighted by Crippen LogP contribution is 2.27. The molecule has 0 bridgehead atoms. The summed E-state index contributed by atoms with van der Waals surface area (Å²) in [6.07, 6.45) is 7.83. The molecule has 0 spiro atoms. The first kappa shape index (κ1) is 10.4. The molecular formula is C12H17FN2. The van der Waals surface area contributed by atoms with E-state index >= 15 is 0 Å². The van der Waals surface area contributed by atoms with Crippen molar-refractivity contribution < 1.29 is 4.39 Å². The van der Waals surface area contributed by atoms with Crippen LogP contribution in [-0.2, 0) is 0 Å². The molecule has 1 fully saturated rings. The van der Waals surface area contributed by atoms with Gasteiger partial charge in [-0.1, -0.05) is 13.3 Å². The van der Waals surface area contributed by atoms with Crippen LogP contribution in [0, 0.1) is 5.82 Å². The predicted molar refractivity (Wildman–Crippen MR) is 59.5 cm³/mol. The van der Waals surface area contributed by atoms with Gasteiger partial charge in [-0.3, -0.25) is 4.98 Å². The van der Waals surface area contributed by atoms with E-state index in [1.807, 2.05) is 0 Å². The molecule has 0 saturated carbocycles. The van der Waals surface area contributed by atoms with Gasteiger partial charge in [0.05, 0.1) is 18.1 Å². The maximum absolute atomic E-state index is 13.0. The molecule has 0 aliphatic carbocycles. The second-order valence-corrected chi connectivity index (χ2v) is 4.14. The van der Waals surface area contributed by atoms with Gasteiger partial charge in [0.2, 0.25) is 0 Å². The van der Waals surface area contributed by atoms with Crippen LogP contribution in [0.1, 0.15) is 32.6 Å². The maximum atomic E-state index is 13.0. The van der Waals surface area contributed by atoms with E-state index in [0.717, 1.165) is 12.2 Å². The van der Waals surface area contributed by atoms with Crippen LogP contribution in [0.5, 0.6) is 0 Å². The average molecular weight is 208 g/mol. The molecule has 2 rings (SSSR count). The molecule has 0 N–H and O–H groups in total. The lowest BCUT2D eigenvalue weighted by atomic mass is 10.1. The van der Waals surface area contributed by atoms with Gasteiger partial charge in [-0.2, -0.15) is 0 Å². The minimum absolute atomic E-state index is 0.241. The topological polar surface area (TPSA) is 16.1 Å². The Bertz CT molecular complexity index is 327. The number of hydrogen-bond donors (Lipinski definition) is 0. The third-order valence-corrected chi connectivity index (χ3v) is 3.02. The fourth-order valence-electron chi connectivity index (χ4n) is 2.37. The Morgan fingerprint density at radius 3 is 3.13 bits per heavy atom. The highest BCUT2D eigenvalue weighted by Gasteiger charge is 2.24. The van der Waals surface area contributed by atoms with Crippen LogP contribution in [0.15, 0.2) is 18.5 Å². The minimum atomic E-state index is -0.241. The van der Waals surface area contributed by atoms with E-state index in [-0.39, 0.29) is 5.82 Å². The molecule has 3 heteroatoms. The monoisotopic (exact) mass is 208 g/mol. The largest absolute Gasteiger partial charge is 0.367 e. The Morgan fingerprint density at radius 2 is 2.40 bits per heavy atom. The Hall–Kier alpha value is -1.12. The van der Waals surface area contributed by atoms with Crippen LogP contribution in [0.4, 0.5) is 10.1 Å². The summed E-state index contributed by atoms with van der Waals surface area (Å²) in [5.74, 6) is -0.241. The van der Waals surface area contributed by atoms with Gasteiger partial charge in [0.1, 0.15) is 5.82 Å². The van der Waals surface area contributed by atoms with Crippen molar-refractivity contribution >= 4 is 5.69 Å². The van der Waals surface area contributed by atoms with E-state index in [0.29, 0.717) is 6.04 Å². The molecule has 2 heterocycles. The molecule has 1 aliphatic rings. The van der Waals surface area contributed by atoms with Crippen LogP contribution >= 0.6 is 0 Å². The summed E-state index contributed by atoms with van der Waals surface area (Å²) in [5.41, 5.74) is 0.936. The van der Waals surface area contributed by atoms with Crippen LogP contribution in [0.3, 0.4) is 0 Å². The van der Waals surface area contributed by atoms with Crippen LogP contribution in [0.25, 0.3) is 0 Å². The van der Waals surface area contributed by atoms with Crippen molar-refractivity contribution in [2.75, 3.05) is 11.4 Å². The normalized spacial score (nSPS) is 20.9. The molecule has 1 aromatic heterocycles. The summed E-state index contributed by atoms with van der Waals surface area (Å²) in [7, 11) is 0. The zero-order valence-electron chi connectivity index (χ0n) is 9.12. The maximum Gasteiger partial charge on any atom is 0.143 e. The first-order valence-electron chi connectivity index (χ1n) is 5.68. The molecule has 1 atom stereocenters. The number of nitrogens with zero attached hydrogens (tertiary/aromatic N) is 2. The van der Waals surface area contributed by atoms with E-state index in [1.54, 1.807) is 12.3 Å².